The van der Waals surface area contributed by atoms with Crippen LogP contribution in [0.2, 0.25) is 0 Å². The number of aliphatic hydroxyl groups excluding tert-OH is 1. The zero-order valence-corrected chi connectivity index (χ0v) is 17.6. The van der Waals surface area contributed by atoms with Crippen LogP contribution in [0.3, 0.4) is 0 Å². The molecule has 1 amide bonds. The summed E-state index contributed by atoms with van der Waals surface area (Å²) in [5, 5.41) is 11.2. The van der Waals surface area contributed by atoms with Crippen LogP contribution in [0.25, 0.3) is 5.76 Å². The number of methoxy groups -OCH3 is 3. The van der Waals surface area contributed by atoms with E-state index in [2.05, 4.69) is 0 Å². The Morgan fingerprint density at radius 2 is 1.65 bits per heavy atom. The third kappa shape index (κ3) is 4.25. The summed E-state index contributed by atoms with van der Waals surface area (Å²) in [6, 6.07) is 9.46. The Morgan fingerprint density at radius 1 is 1.03 bits per heavy atom. The molecule has 0 aromatic heterocycles. The van der Waals surface area contributed by atoms with Gasteiger partial charge in [0.2, 0.25) is 0 Å². The van der Waals surface area contributed by atoms with Gasteiger partial charge in [-0.1, -0.05) is 18.2 Å². The van der Waals surface area contributed by atoms with Crippen molar-refractivity contribution in [3.05, 3.63) is 65.0 Å². The van der Waals surface area contributed by atoms with Gasteiger partial charge in [0.25, 0.3) is 11.7 Å². The molecular formula is C23H24FNO6. The summed E-state index contributed by atoms with van der Waals surface area (Å²) in [7, 11) is 4.39. The van der Waals surface area contributed by atoms with Gasteiger partial charge in [-0.2, -0.15) is 0 Å². The summed E-state index contributed by atoms with van der Waals surface area (Å²) in [6.45, 7) is 0.611. The lowest BCUT2D eigenvalue weighted by molar-refractivity contribution is -0.140. The minimum atomic E-state index is -0.896. The number of nitrogens with zero attached hydrogens (tertiary/aromatic N) is 1. The fraction of sp³-hybridized carbons (Fsp3) is 0.304. The van der Waals surface area contributed by atoms with Gasteiger partial charge in [-0.05, 0) is 36.2 Å². The molecule has 1 unspecified atom stereocenters. The van der Waals surface area contributed by atoms with Crippen LogP contribution in [0.15, 0.2) is 48.0 Å². The maximum absolute atomic E-state index is 13.5. The number of Topliss-reactive ketones (excluding diaryl/α,β-unsaturated/α-hetero) is 1. The van der Waals surface area contributed by atoms with E-state index in [0.29, 0.717) is 18.6 Å². The Bertz CT molecular complexity index is 979. The molecule has 1 aliphatic heterocycles. The van der Waals surface area contributed by atoms with Crippen LogP contribution in [0, 0.1) is 5.82 Å². The number of likely N-dealkylation sites (tertiary alicyclic amines) is 1. The van der Waals surface area contributed by atoms with Gasteiger partial charge in [0, 0.05) is 20.3 Å². The van der Waals surface area contributed by atoms with Gasteiger partial charge in [0.1, 0.15) is 28.6 Å². The molecule has 31 heavy (non-hydrogen) atoms. The Balaban J connectivity index is 2.21. The zero-order valence-electron chi connectivity index (χ0n) is 17.6. The smallest absolute Gasteiger partial charge is 0.295 e. The molecular weight excluding hydrogens is 405 g/mol. The highest BCUT2D eigenvalue weighted by Crippen LogP contribution is 2.43. The fourth-order valence-electron chi connectivity index (χ4n) is 3.70. The summed E-state index contributed by atoms with van der Waals surface area (Å²) in [5.41, 5.74) is 0.541. The third-order valence-corrected chi connectivity index (χ3v) is 5.14. The van der Waals surface area contributed by atoms with Crippen molar-refractivity contribution in [2.75, 3.05) is 34.5 Å². The molecule has 1 saturated heterocycles. The quantitative estimate of drug-likeness (QED) is 0.300. The number of carbonyl (C=O) groups is 2. The molecule has 1 atom stereocenters. The topological polar surface area (TPSA) is 85.3 Å². The monoisotopic (exact) mass is 429 g/mol. The van der Waals surface area contributed by atoms with Crippen molar-refractivity contribution in [2.24, 2.45) is 0 Å². The highest BCUT2D eigenvalue weighted by Gasteiger charge is 2.46. The molecule has 164 valence electrons. The van der Waals surface area contributed by atoms with Crippen LogP contribution in [0.5, 0.6) is 11.5 Å². The van der Waals surface area contributed by atoms with Crippen LogP contribution >= 0.6 is 0 Å². The SMILES string of the molecule is COCCCN1C(=O)C(=O)/C(=C(/O)c2c(OC)cccc2OC)C1c1ccc(F)cc1. The van der Waals surface area contributed by atoms with Crippen molar-refractivity contribution in [3.63, 3.8) is 0 Å². The van der Waals surface area contributed by atoms with Gasteiger partial charge in [-0.15, -0.1) is 0 Å². The van der Waals surface area contributed by atoms with Crippen molar-refractivity contribution in [1.82, 2.24) is 4.90 Å². The van der Waals surface area contributed by atoms with E-state index in [4.69, 9.17) is 14.2 Å². The second-order valence-corrected chi connectivity index (χ2v) is 6.93. The number of halogens is 1. The normalized spacial score (nSPS) is 17.8. The first-order valence-electron chi connectivity index (χ1n) is 9.68. The second kappa shape index (κ2) is 9.61. The number of rotatable bonds is 8. The summed E-state index contributed by atoms with van der Waals surface area (Å²) >= 11 is 0. The van der Waals surface area contributed by atoms with Gasteiger partial charge in [-0.3, -0.25) is 9.59 Å². The molecule has 8 heteroatoms. The molecule has 7 nitrogen and oxygen atoms in total. The van der Waals surface area contributed by atoms with Crippen molar-refractivity contribution < 1.29 is 33.3 Å². The number of ether oxygens (including phenoxy) is 3. The molecule has 0 saturated carbocycles. The summed E-state index contributed by atoms with van der Waals surface area (Å²) in [5.74, 6) is -1.90. The van der Waals surface area contributed by atoms with E-state index in [0.717, 1.165) is 0 Å². The van der Waals surface area contributed by atoms with Crippen LogP contribution in [0.1, 0.15) is 23.6 Å². The molecule has 1 aliphatic rings. The van der Waals surface area contributed by atoms with Crippen LogP contribution in [-0.2, 0) is 14.3 Å². The van der Waals surface area contributed by atoms with Gasteiger partial charge in [0.15, 0.2) is 0 Å². The molecule has 2 aromatic rings. The van der Waals surface area contributed by atoms with Gasteiger partial charge in [0.05, 0.1) is 25.8 Å². The summed E-state index contributed by atoms with van der Waals surface area (Å²) < 4.78 is 29.3. The Labute approximate surface area is 179 Å². The molecule has 0 aliphatic carbocycles. The maximum Gasteiger partial charge on any atom is 0.295 e. The largest absolute Gasteiger partial charge is 0.506 e. The van der Waals surface area contributed by atoms with E-state index >= 15 is 0 Å². The second-order valence-electron chi connectivity index (χ2n) is 6.93. The highest BCUT2D eigenvalue weighted by atomic mass is 19.1. The summed E-state index contributed by atoms with van der Waals surface area (Å²) in [4.78, 5) is 27.2. The molecule has 1 N–H and O–H groups in total. The molecule has 1 fully saturated rings. The van der Waals surface area contributed by atoms with Crippen molar-refractivity contribution in [1.29, 1.82) is 0 Å². The highest BCUT2D eigenvalue weighted by molar-refractivity contribution is 6.46. The Kier molecular flexibility index (Phi) is 6.91. The van der Waals surface area contributed by atoms with E-state index < -0.39 is 29.3 Å². The number of hydrogen-bond acceptors (Lipinski definition) is 6. The minimum Gasteiger partial charge on any atom is -0.506 e. The average molecular weight is 429 g/mol. The number of carbonyl (C=O) groups excluding carboxylic acids is 2. The first-order chi connectivity index (χ1) is 14.9. The lowest BCUT2D eigenvalue weighted by atomic mass is 9.94. The van der Waals surface area contributed by atoms with E-state index in [-0.39, 0.29) is 29.2 Å². The van der Waals surface area contributed by atoms with Gasteiger partial charge >= 0.3 is 0 Å². The van der Waals surface area contributed by atoms with Gasteiger partial charge < -0.3 is 24.2 Å². The van der Waals surface area contributed by atoms with E-state index in [1.165, 1.54) is 43.4 Å². The Hall–Kier alpha value is -3.39. The van der Waals surface area contributed by atoms with E-state index in [1.807, 2.05) is 0 Å². The molecule has 0 spiro atoms. The number of hydrogen-bond donors (Lipinski definition) is 1. The minimum absolute atomic E-state index is 0.114. The lowest BCUT2D eigenvalue weighted by Gasteiger charge is -2.25. The predicted octanol–water partition coefficient (Wildman–Crippen LogP) is 3.30. The first-order valence-corrected chi connectivity index (χ1v) is 9.68. The van der Waals surface area contributed by atoms with Crippen LogP contribution < -0.4 is 9.47 Å². The number of ketones is 1. The fourth-order valence-corrected chi connectivity index (χ4v) is 3.70. The molecule has 3 rings (SSSR count). The third-order valence-electron chi connectivity index (χ3n) is 5.14. The molecule has 1 heterocycles. The molecule has 0 bridgehead atoms. The van der Waals surface area contributed by atoms with E-state index in [9.17, 15) is 19.1 Å². The average Bonchev–Trinajstić information content (AvgIpc) is 3.03. The molecule has 2 aromatic carbocycles. The van der Waals surface area contributed by atoms with Crippen LogP contribution in [0.4, 0.5) is 4.39 Å². The first kappa shape index (κ1) is 22.3. The maximum atomic E-state index is 13.5. The molecule has 0 radical (unpaired) electrons. The van der Waals surface area contributed by atoms with E-state index in [1.54, 1.807) is 25.3 Å². The zero-order chi connectivity index (χ0) is 22.5. The standard InChI is InChI=1S/C23H24FNO6/c1-29-13-5-12-25-20(14-8-10-15(24)11-9-14)19(22(27)23(25)28)21(26)18-16(30-2)6-4-7-17(18)31-3/h4,6-11,20,26H,5,12-13H2,1-3H3/b21-19+. The Morgan fingerprint density at radius 3 is 2.19 bits per heavy atom. The number of aliphatic hydroxyl groups is 1. The van der Waals surface area contributed by atoms with Crippen molar-refractivity contribution in [2.45, 2.75) is 12.5 Å². The van der Waals surface area contributed by atoms with Crippen molar-refractivity contribution in [3.8, 4) is 11.5 Å². The van der Waals surface area contributed by atoms with Crippen LogP contribution in [-0.4, -0.2) is 56.2 Å². The van der Waals surface area contributed by atoms with Gasteiger partial charge in [-0.25, -0.2) is 4.39 Å². The predicted molar refractivity (Wildman–Crippen MR) is 111 cm³/mol. The van der Waals surface area contributed by atoms with Crippen molar-refractivity contribution >= 4 is 17.4 Å². The summed E-state index contributed by atoms with van der Waals surface area (Å²) in [6.07, 6.45) is 0.485. The number of benzene rings is 2. The lowest BCUT2D eigenvalue weighted by Crippen LogP contribution is -2.31. The number of amides is 1.